The largest absolute Gasteiger partial charge is 0.356 e. The fourth-order valence-electron chi connectivity index (χ4n) is 4.60. The van der Waals surface area contributed by atoms with E-state index < -0.39 is 16.1 Å². The third-order valence-electron chi connectivity index (χ3n) is 6.46. The van der Waals surface area contributed by atoms with E-state index in [1.807, 2.05) is 0 Å². The predicted molar refractivity (Wildman–Crippen MR) is 121 cm³/mol. The highest BCUT2D eigenvalue weighted by atomic mass is 35.5. The lowest BCUT2D eigenvalue weighted by atomic mass is 9.92. The van der Waals surface area contributed by atoms with E-state index in [0.717, 1.165) is 47.0 Å². The summed E-state index contributed by atoms with van der Waals surface area (Å²) in [6.07, 6.45) is 3.34. The number of nitrogens with zero attached hydrogens (tertiary/aromatic N) is 1. The maximum absolute atomic E-state index is 13.9. The number of aromatic nitrogens is 1. The molecule has 6 nitrogen and oxygen atoms in total. The first-order valence-electron chi connectivity index (χ1n) is 10.6. The summed E-state index contributed by atoms with van der Waals surface area (Å²) in [6, 6.07) is 10.7. The van der Waals surface area contributed by atoms with Crippen molar-refractivity contribution in [2.45, 2.75) is 42.7 Å². The van der Waals surface area contributed by atoms with Crippen molar-refractivity contribution in [1.82, 2.24) is 14.6 Å². The van der Waals surface area contributed by atoms with Crippen molar-refractivity contribution in [3.05, 3.63) is 65.1 Å². The maximum Gasteiger partial charge on any atom is 0.240 e. The number of benzene rings is 2. The molecule has 2 aromatic carbocycles. The van der Waals surface area contributed by atoms with Gasteiger partial charge in [0.1, 0.15) is 11.7 Å². The van der Waals surface area contributed by atoms with E-state index in [9.17, 15) is 17.6 Å². The zero-order chi connectivity index (χ0) is 22.5. The Morgan fingerprint density at radius 1 is 1.19 bits per heavy atom. The molecule has 0 radical (unpaired) electrons. The Bertz CT molecular complexity index is 1290. The molecule has 0 unspecified atom stereocenters. The summed E-state index contributed by atoms with van der Waals surface area (Å²) in [6.45, 7) is 0.440. The fraction of sp³-hybridized carbons (Fsp3) is 0.348. The molecule has 1 aliphatic heterocycles. The van der Waals surface area contributed by atoms with Gasteiger partial charge in [-0.05, 0) is 60.7 Å². The van der Waals surface area contributed by atoms with Crippen LogP contribution in [-0.2, 0) is 21.2 Å². The molecule has 0 spiro atoms. The molecule has 0 bridgehead atoms. The summed E-state index contributed by atoms with van der Waals surface area (Å²) in [7, 11) is -3.59. The van der Waals surface area contributed by atoms with Gasteiger partial charge in [0.2, 0.25) is 15.9 Å². The number of H-pyrrole nitrogens is 1. The van der Waals surface area contributed by atoms with Crippen LogP contribution >= 0.6 is 11.6 Å². The van der Waals surface area contributed by atoms with Crippen molar-refractivity contribution in [1.29, 1.82) is 0 Å². The second-order valence-corrected chi connectivity index (χ2v) is 10.4. The molecular weight excluding hydrogens is 453 g/mol. The number of hydrogen-bond acceptors (Lipinski definition) is 3. The van der Waals surface area contributed by atoms with Crippen molar-refractivity contribution in [3.8, 4) is 0 Å². The second-order valence-electron chi connectivity index (χ2n) is 8.40. The Morgan fingerprint density at radius 2 is 1.94 bits per heavy atom. The first-order valence-corrected chi connectivity index (χ1v) is 12.7. The number of hydrogen-bond donors (Lipinski definition) is 2. The van der Waals surface area contributed by atoms with E-state index in [1.54, 1.807) is 35.2 Å². The summed E-state index contributed by atoms with van der Waals surface area (Å²) in [5.41, 5.74) is 3.33. The van der Waals surface area contributed by atoms with Gasteiger partial charge >= 0.3 is 0 Å². The van der Waals surface area contributed by atoms with Crippen LogP contribution in [0.4, 0.5) is 4.39 Å². The molecule has 0 saturated heterocycles. The highest BCUT2D eigenvalue weighted by molar-refractivity contribution is 7.89. The molecule has 1 fully saturated rings. The molecule has 1 atom stereocenters. The van der Waals surface area contributed by atoms with Gasteiger partial charge in [-0.15, -0.1) is 11.6 Å². The normalized spacial score (nSPS) is 19.1. The summed E-state index contributed by atoms with van der Waals surface area (Å²) in [5.74, 6) is -0.683. The van der Waals surface area contributed by atoms with Crippen LogP contribution in [0.5, 0.6) is 0 Å². The predicted octanol–water partition coefficient (Wildman–Crippen LogP) is 3.85. The summed E-state index contributed by atoms with van der Waals surface area (Å²) in [4.78, 5) is 17.9. The summed E-state index contributed by atoms with van der Waals surface area (Å²) < 4.78 is 41.9. The zero-order valence-electron chi connectivity index (χ0n) is 17.3. The molecule has 5 rings (SSSR count). The smallest absolute Gasteiger partial charge is 0.240 e. The van der Waals surface area contributed by atoms with Gasteiger partial charge in [0.05, 0.1) is 10.9 Å². The molecule has 1 saturated carbocycles. The Hall–Kier alpha value is -2.42. The summed E-state index contributed by atoms with van der Waals surface area (Å²) >= 11 is 5.88. The molecular formula is C23H23ClFN3O3S. The van der Waals surface area contributed by atoms with Crippen LogP contribution in [-0.4, -0.2) is 42.7 Å². The Kier molecular flexibility index (Phi) is 5.47. The number of alkyl halides is 1. The monoisotopic (exact) mass is 475 g/mol. The second kappa shape index (κ2) is 8.17. The molecule has 32 heavy (non-hydrogen) atoms. The third-order valence-corrected chi connectivity index (χ3v) is 8.22. The minimum atomic E-state index is -3.59. The molecule has 2 N–H and O–H groups in total. The van der Waals surface area contributed by atoms with Gasteiger partial charge < -0.3 is 9.88 Å². The fourth-order valence-corrected chi connectivity index (χ4v) is 6.05. The number of amides is 1. The van der Waals surface area contributed by atoms with Crippen LogP contribution < -0.4 is 4.72 Å². The number of aromatic amines is 1. The number of rotatable bonds is 5. The summed E-state index contributed by atoms with van der Waals surface area (Å²) in [5, 5.41) is 0.798. The van der Waals surface area contributed by atoms with Gasteiger partial charge in [-0.2, -0.15) is 0 Å². The van der Waals surface area contributed by atoms with E-state index in [-0.39, 0.29) is 28.5 Å². The van der Waals surface area contributed by atoms with Gasteiger partial charge in [0.25, 0.3) is 0 Å². The highest BCUT2D eigenvalue weighted by Crippen LogP contribution is 2.39. The lowest BCUT2D eigenvalue weighted by Gasteiger charge is -2.36. The van der Waals surface area contributed by atoms with Crippen LogP contribution in [0.1, 0.15) is 42.1 Å². The molecule has 1 aromatic heterocycles. The van der Waals surface area contributed by atoms with E-state index in [0.29, 0.717) is 13.0 Å². The highest BCUT2D eigenvalue weighted by Gasteiger charge is 2.34. The molecule has 1 amide bonds. The minimum Gasteiger partial charge on any atom is -0.356 e. The standard InChI is InChI=1S/C23H23ClFN3O3S/c24-13-21(29)28-11-10-18-19-12-15(25)6-9-20(19)26-22(18)23(28)14-4-7-17(8-5-14)32(30,31)27-16-2-1-3-16/h4-9,12,16,23,26-27H,1-3,10-11,13H2/t23-/m0/s1. The quantitative estimate of drug-likeness (QED) is 0.550. The van der Waals surface area contributed by atoms with E-state index in [4.69, 9.17) is 11.6 Å². The Balaban J connectivity index is 1.55. The van der Waals surface area contributed by atoms with Crippen LogP contribution in [0, 0.1) is 5.82 Å². The number of carbonyl (C=O) groups is 1. The topological polar surface area (TPSA) is 82.3 Å². The minimum absolute atomic E-state index is 0.00385. The zero-order valence-corrected chi connectivity index (χ0v) is 18.8. The van der Waals surface area contributed by atoms with Crippen LogP contribution in [0.15, 0.2) is 47.4 Å². The molecule has 168 valence electrons. The molecule has 9 heteroatoms. The van der Waals surface area contributed by atoms with Gasteiger partial charge in [0, 0.05) is 29.2 Å². The van der Waals surface area contributed by atoms with Crippen molar-refractivity contribution in [3.63, 3.8) is 0 Å². The van der Waals surface area contributed by atoms with Gasteiger partial charge in [-0.1, -0.05) is 18.6 Å². The first-order chi connectivity index (χ1) is 15.4. The van der Waals surface area contributed by atoms with Gasteiger partial charge in [-0.25, -0.2) is 17.5 Å². The van der Waals surface area contributed by atoms with E-state index >= 15 is 0 Å². The number of fused-ring (bicyclic) bond motifs is 3. The Morgan fingerprint density at radius 3 is 2.59 bits per heavy atom. The lowest BCUT2D eigenvalue weighted by Crippen LogP contribution is -2.41. The van der Waals surface area contributed by atoms with Crippen LogP contribution in [0.2, 0.25) is 0 Å². The van der Waals surface area contributed by atoms with Crippen molar-refractivity contribution >= 4 is 38.4 Å². The third kappa shape index (κ3) is 3.70. The SMILES string of the molecule is O=C(CCl)N1CCc2c([nH]c3ccc(F)cc23)[C@@H]1c1ccc(S(=O)(=O)NC2CCC2)cc1. The van der Waals surface area contributed by atoms with Gasteiger partial charge in [0.15, 0.2) is 0 Å². The number of nitrogens with one attached hydrogen (secondary N) is 2. The first kappa shape index (κ1) is 21.4. The average Bonchev–Trinajstić information content (AvgIpc) is 3.13. The average molecular weight is 476 g/mol. The van der Waals surface area contributed by atoms with Crippen molar-refractivity contribution in [2.24, 2.45) is 0 Å². The van der Waals surface area contributed by atoms with Gasteiger partial charge in [-0.3, -0.25) is 4.79 Å². The number of halogens is 2. The number of carbonyl (C=O) groups excluding carboxylic acids is 1. The molecule has 3 aromatic rings. The van der Waals surface area contributed by atoms with E-state index in [2.05, 4.69) is 9.71 Å². The van der Waals surface area contributed by atoms with Crippen molar-refractivity contribution < 1.29 is 17.6 Å². The van der Waals surface area contributed by atoms with E-state index in [1.165, 1.54) is 12.1 Å². The number of sulfonamides is 1. The van der Waals surface area contributed by atoms with Crippen LogP contribution in [0.3, 0.4) is 0 Å². The molecule has 1 aliphatic carbocycles. The van der Waals surface area contributed by atoms with Crippen LogP contribution in [0.25, 0.3) is 10.9 Å². The maximum atomic E-state index is 13.9. The lowest BCUT2D eigenvalue weighted by molar-refractivity contribution is -0.130. The molecule has 2 heterocycles. The van der Waals surface area contributed by atoms with Crippen molar-refractivity contribution in [2.75, 3.05) is 12.4 Å². The Labute approximate surface area is 190 Å². The molecule has 2 aliphatic rings.